The zero-order chi connectivity index (χ0) is 26.7. The molecule has 36 heavy (non-hydrogen) atoms. The first-order valence-electron chi connectivity index (χ1n) is 11.9. The average Bonchev–Trinajstić information content (AvgIpc) is 3.12. The highest BCUT2D eigenvalue weighted by Crippen LogP contribution is 2.55. The predicted octanol–water partition coefficient (Wildman–Crippen LogP) is 5.46. The third kappa shape index (κ3) is 5.95. The van der Waals surface area contributed by atoms with Crippen molar-refractivity contribution in [1.82, 2.24) is 10.2 Å². The maximum absolute atomic E-state index is 15.5. The SMILES string of the molecule is CC(C)(C)CC1CN(C(=O)NCC[C@H](O)CO)C(c2cccc(Cl)c2)C1(C#N)c1ccc(Cl)cc1F. The molecule has 1 saturated heterocycles. The lowest BCUT2D eigenvalue weighted by molar-refractivity contribution is 0.0881. The molecule has 1 aliphatic heterocycles. The van der Waals surface area contributed by atoms with E-state index >= 15 is 4.39 Å². The first-order chi connectivity index (χ1) is 16.9. The zero-order valence-corrected chi connectivity index (χ0v) is 22.2. The summed E-state index contributed by atoms with van der Waals surface area (Å²) in [5.41, 5.74) is -0.846. The fourth-order valence-electron chi connectivity index (χ4n) is 5.18. The van der Waals surface area contributed by atoms with Crippen molar-refractivity contribution in [2.24, 2.45) is 11.3 Å². The van der Waals surface area contributed by atoms with Crippen molar-refractivity contribution in [1.29, 1.82) is 5.26 Å². The fourth-order valence-corrected chi connectivity index (χ4v) is 5.54. The molecule has 1 heterocycles. The van der Waals surface area contributed by atoms with E-state index in [1.54, 1.807) is 35.2 Å². The van der Waals surface area contributed by atoms with Crippen molar-refractivity contribution in [2.45, 2.75) is 51.2 Å². The Bertz CT molecular complexity index is 1130. The number of benzene rings is 2. The van der Waals surface area contributed by atoms with Crippen LogP contribution >= 0.6 is 23.2 Å². The summed E-state index contributed by atoms with van der Waals surface area (Å²) in [5.74, 6) is -1.01. The number of carbonyl (C=O) groups is 1. The predicted molar refractivity (Wildman–Crippen MR) is 138 cm³/mol. The maximum Gasteiger partial charge on any atom is 0.317 e. The van der Waals surface area contributed by atoms with E-state index in [0.29, 0.717) is 17.0 Å². The first-order valence-corrected chi connectivity index (χ1v) is 12.6. The van der Waals surface area contributed by atoms with Gasteiger partial charge in [-0.25, -0.2) is 9.18 Å². The molecular weight excluding hydrogens is 504 g/mol. The number of urea groups is 1. The smallest absolute Gasteiger partial charge is 0.317 e. The molecule has 6 nitrogen and oxygen atoms in total. The molecule has 0 bridgehead atoms. The Morgan fingerprint density at radius 3 is 2.56 bits per heavy atom. The molecule has 0 aliphatic carbocycles. The van der Waals surface area contributed by atoms with Crippen LogP contribution in [0.15, 0.2) is 42.5 Å². The number of nitriles is 1. The van der Waals surface area contributed by atoms with Crippen LogP contribution in [0.5, 0.6) is 0 Å². The van der Waals surface area contributed by atoms with Gasteiger partial charge in [-0.05, 0) is 48.1 Å². The lowest BCUT2D eigenvalue weighted by atomic mass is 9.63. The van der Waals surface area contributed by atoms with Gasteiger partial charge in [-0.15, -0.1) is 0 Å². The number of nitrogens with one attached hydrogen (secondary N) is 1. The van der Waals surface area contributed by atoms with E-state index in [1.807, 2.05) is 20.8 Å². The molecule has 0 aromatic heterocycles. The van der Waals surface area contributed by atoms with Crippen molar-refractivity contribution >= 4 is 29.2 Å². The van der Waals surface area contributed by atoms with Gasteiger partial charge < -0.3 is 20.4 Å². The molecule has 0 saturated carbocycles. The van der Waals surface area contributed by atoms with Crippen molar-refractivity contribution in [2.75, 3.05) is 19.7 Å². The lowest BCUT2D eigenvalue weighted by Gasteiger charge is -2.38. The summed E-state index contributed by atoms with van der Waals surface area (Å²) in [6.45, 7) is 6.05. The van der Waals surface area contributed by atoms with E-state index in [9.17, 15) is 15.2 Å². The molecule has 3 N–H and O–H groups in total. The van der Waals surface area contributed by atoms with E-state index in [-0.39, 0.29) is 35.5 Å². The Balaban J connectivity index is 2.19. The summed E-state index contributed by atoms with van der Waals surface area (Å²) in [6.07, 6.45) is -0.242. The van der Waals surface area contributed by atoms with Crippen molar-refractivity contribution in [3.8, 4) is 6.07 Å². The second kappa shape index (κ2) is 11.4. The maximum atomic E-state index is 15.5. The molecule has 4 atom stereocenters. The van der Waals surface area contributed by atoms with Crippen LogP contribution in [0.25, 0.3) is 0 Å². The van der Waals surface area contributed by atoms with Gasteiger partial charge in [-0.2, -0.15) is 5.26 Å². The summed E-state index contributed by atoms with van der Waals surface area (Å²) < 4.78 is 15.5. The van der Waals surface area contributed by atoms with E-state index < -0.39 is 41.9 Å². The standard InChI is InChI=1S/C27H32Cl2FN3O3/c1-26(2,3)13-18-14-33(25(36)32-10-9-21(35)15-34)24(17-5-4-6-19(28)11-17)27(18,16-31)22-8-7-20(29)12-23(22)30/h4-8,11-12,18,21,24,34-35H,9-10,13-15H2,1-3H3,(H,32,36)/t18?,21-,24?,27?/m0/s1. The van der Waals surface area contributed by atoms with Crippen LogP contribution in [-0.4, -0.2) is 46.9 Å². The number of halogens is 3. The van der Waals surface area contributed by atoms with Gasteiger partial charge in [0.1, 0.15) is 11.2 Å². The topological polar surface area (TPSA) is 96.6 Å². The van der Waals surface area contributed by atoms with Gasteiger partial charge in [-0.3, -0.25) is 0 Å². The van der Waals surface area contributed by atoms with E-state index in [4.69, 9.17) is 28.3 Å². The van der Waals surface area contributed by atoms with Crippen molar-refractivity contribution in [3.63, 3.8) is 0 Å². The van der Waals surface area contributed by atoms with Gasteiger partial charge in [0.05, 0.1) is 24.8 Å². The Hall–Kier alpha value is -2.37. The molecule has 0 spiro atoms. The fraction of sp³-hybridized carbons (Fsp3) is 0.481. The Labute approximate surface area is 221 Å². The molecule has 1 aliphatic rings. The minimum Gasteiger partial charge on any atom is -0.394 e. The second-order valence-electron chi connectivity index (χ2n) is 10.5. The Kier molecular flexibility index (Phi) is 8.89. The van der Waals surface area contributed by atoms with Gasteiger partial charge in [0.2, 0.25) is 0 Å². The molecular formula is C27H32Cl2FN3O3. The van der Waals surface area contributed by atoms with Gasteiger partial charge in [0.25, 0.3) is 0 Å². The zero-order valence-electron chi connectivity index (χ0n) is 20.6. The van der Waals surface area contributed by atoms with Crippen LogP contribution < -0.4 is 5.32 Å². The van der Waals surface area contributed by atoms with E-state index in [1.165, 1.54) is 12.1 Å². The number of hydrogen-bond acceptors (Lipinski definition) is 4. The number of rotatable bonds is 7. The monoisotopic (exact) mass is 535 g/mol. The van der Waals surface area contributed by atoms with E-state index in [0.717, 1.165) is 0 Å². The van der Waals surface area contributed by atoms with Crippen LogP contribution in [0.4, 0.5) is 9.18 Å². The molecule has 1 fully saturated rings. The minimum atomic E-state index is -1.42. The van der Waals surface area contributed by atoms with Gasteiger partial charge >= 0.3 is 6.03 Å². The third-order valence-corrected chi connectivity index (χ3v) is 7.08. The van der Waals surface area contributed by atoms with Crippen molar-refractivity contribution in [3.05, 3.63) is 69.5 Å². The second-order valence-corrected chi connectivity index (χ2v) is 11.4. The number of nitrogens with zero attached hydrogens (tertiary/aromatic N) is 2. The van der Waals surface area contributed by atoms with Crippen LogP contribution in [0.2, 0.25) is 10.0 Å². The van der Waals surface area contributed by atoms with Crippen LogP contribution in [-0.2, 0) is 5.41 Å². The van der Waals surface area contributed by atoms with Crippen LogP contribution in [0.3, 0.4) is 0 Å². The first kappa shape index (κ1) is 28.2. The molecule has 2 amide bonds. The third-order valence-electron chi connectivity index (χ3n) is 6.61. The van der Waals surface area contributed by atoms with Crippen LogP contribution in [0.1, 0.15) is 50.8 Å². The molecule has 2 aromatic carbocycles. The number of aliphatic hydroxyl groups is 2. The molecule has 194 valence electrons. The van der Waals surface area contributed by atoms with Gasteiger partial charge in [0, 0.05) is 34.6 Å². The number of amides is 2. The highest BCUT2D eigenvalue weighted by molar-refractivity contribution is 6.30. The number of likely N-dealkylation sites (tertiary alicyclic amines) is 1. The number of aliphatic hydroxyl groups excluding tert-OH is 2. The summed E-state index contributed by atoms with van der Waals surface area (Å²) in [4.78, 5) is 15.0. The summed E-state index contributed by atoms with van der Waals surface area (Å²) >= 11 is 12.4. The number of hydrogen-bond donors (Lipinski definition) is 3. The Morgan fingerprint density at radius 2 is 1.97 bits per heavy atom. The minimum absolute atomic E-state index is 0.123. The normalized spacial score (nSPS) is 22.8. The van der Waals surface area contributed by atoms with E-state index in [2.05, 4.69) is 11.4 Å². The van der Waals surface area contributed by atoms with Gasteiger partial charge in [-0.1, -0.05) is 62.2 Å². The summed E-state index contributed by atoms with van der Waals surface area (Å²) in [6, 6.07) is 12.4. The molecule has 2 aromatic rings. The lowest BCUT2D eigenvalue weighted by Crippen LogP contribution is -2.44. The Morgan fingerprint density at radius 1 is 1.28 bits per heavy atom. The number of carbonyl (C=O) groups excluding carboxylic acids is 1. The molecule has 3 unspecified atom stereocenters. The highest BCUT2D eigenvalue weighted by atomic mass is 35.5. The largest absolute Gasteiger partial charge is 0.394 e. The van der Waals surface area contributed by atoms with Gasteiger partial charge in [0.15, 0.2) is 0 Å². The quantitative estimate of drug-likeness (QED) is 0.438. The van der Waals surface area contributed by atoms with Crippen molar-refractivity contribution < 1.29 is 19.4 Å². The molecule has 9 heteroatoms. The van der Waals surface area contributed by atoms with Crippen LogP contribution in [0, 0.1) is 28.5 Å². The molecule has 0 radical (unpaired) electrons. The average molecular weight is 536 g/mol. The summed E-state index contributed by atoms with van der Waals surface area (Å²) in [5, 5.41) is 33.0. The highest BCUT2D eigenvalue weighted by Gasteiger charge is 2.59. The summed E-state index contributed by atoms with van der Waals surface area (Å²) in [7, 11) is 0. The molecule has 3 rings (SSSR count).